The molecule has 0 bridgehead atoms. The van der Waals surface area contributed by atoms with Gasteiger partial charge in [-0.3, -0.25) is 18.7 Å². The van der Waals surface area contributed by atoms with Crippen LogP contribution >= 0.6 is 15.2 Å². The van der Waals surface area contributed by atoms with Crippen LogP contribution in [-0.2, 0) is 9.13 Å². The van der Waals surface area contributed by atoms with Crippen molar-refractivity contribution in [2.24, 2.45) is 0 Å². The van der Waals surface area contributed by atoms with Crippen LogP contribution in [0.2, 0.25) is 0 Å². The van der Waals surface area contributed by atoms with Gasteiger partial charge in [-0.25, -0.2) is 0 Å². The lowest BCUT2D eigenvalue weighted by molar-refractivity contribution is 0.0978. The second kappa shape index (κ2) is 11.0. The van der Waals surface area contributed by atoms with Crippen LogP contribution in [0, 0.1) is 0 Å². The minimum Gasteiger partial charge on any atom is -0.494 e. The Morgan fingerprint density at radius 3 is 1.32 bits per heavy atom. The van der Waals surface area contributed by atoms with E-state index in [1.807, 2.05) is 0 Å². The number of carbonyl (C=O) groups excluding carboxylic acids is 2. The van der Waals surface area contributed by atoms with Gasteiger partial charge in [0.2, 0.25) is 0 Å². The number of ketones is 2. The third-order valence-electron chi connectivity index (χ3n) is 5.19. The van der Waals surface area contributed by atoms with E-state index in [0.717, 1.165) is 0 Å². The molecule has 12 heteroatoms. The van der Waals surface area contributed by atoms with Crippen molar-refractivity contribution >= 4 is 26.8 Å². The quantitative estimate of drug-likeness (QED) is 0.209. The molecule has 0 aliphatic heterocycles. The van der Waals surface area contributed by atoms with E-state index in [4.69, 9.17) is 29.0 Å². The first-order valence-corrected chi connectivity index (χ1v) is 14.3. The highest BCUT2D eigenvalue weighted by atomic mass is 31.2. The van der Waals surface area contributed by atoms with Crippen molar-refractivity contribution in [1.82, 2.24) is 0 Å². The molecule has 2 aromatic rings. The average molecular weight is 512 g/mol. The van der Waals surface area contributed by atoms with Gasteiger partial charge in [-0.2, -0.15) is 0 Å². The van der Waals surface area contributed by atoms with Gasteiger partial charge >= 0.3 is 15.2 Å². The Bertz CT molecular complexity index is 1070. The van der Waals surface area contributed by atoms with Gasteiger partial charge in [0.15, 0.2) is 11.6 Å². The molecule has 1 aliphatic carbocycles. The fourth-order valence-electron chi connectivity index (χ4n) is 3.51. The maximum absolute atomic E-state index is 13.0. The molecule has 0 amide bonds. The zero-order chi connectivity index (χ0) is 24.9. The Morgan fingerprint density at radius 2 is 0.971 bits per heavy atom. The summed E-state index contributed by atoms with van der Waals surface area (Å²) >= 11 is 0. The van der Waals surface area contributed by atoms with Crippen LogP contribution in [0.25, 0.3) is 0 Å². The lowest BCUT2D eigenvalue weighted by Crippen LogP contribution is -2.21. The van der Waals surface area contributed by atoms with Crippen LogP contribution in [0.4, 0.5) is 0 Å². The summed E-state index contributed by atoms with van der Waals surface area (Å²) in [5.41, 5.74) is 0.919. The molecule has 0 spiro atoms. The predicted molar refractivity (Wildman–Crippen MR) is 123 cm³/mol. The monoisotopic (exact) mass is 512 g/mol. The van der Waals surface area contributed by atoms with Crippen molar-refractivity contribution in [3.05, 3.63) is 58.7 Å². The Kier molecular flexibility index (Phi) is 8.47. The van der Waals surface area contributed by atoms with Crippen molar-refractivity contribution < 1.29 is 47.8 Å². The topological polar surface area (TPSA) is 168 Å². The van der Waals surface area contributed by atoms with Crippen molar-refractivity contribution in [3.63, 3.8) is 0 Å². The molecule has 1 aliphatic rings. The lowest BCUT2D eigenvalue weighted by Gasteiger charge is -2.19. The van der Waals surface area contributed by atoms with E-state index in [1.165, 1.54) is 24.3 Å². The summed E-state index contributed by atoms with van der Waals surface area (Å²) < 4.78 is 32.9. The Balaban J connectivity index is 1.62. The van der Waals surface area contributed by atoms with Crippen LogP contribution in [0.5, 0.6) is 11.5 Å². The van der Waals surface area contributed by atoms with E-state index >= 15 is 0 Å². The molecule has 184 valence electrons. The standard InChI is InChI=1S/C22H26O10P2/c23-21-18-8-6-16(32-10-2-4-12-34(28,29)30)14-20(18)22(24)17-7-5-15(13-19(17)21)31-9-1-3-11-33(25,26)27/h5-8,13-14H,1-4,9-12H2,(H2,25,26,27)(H2,28,29,30). The molecule has 0 aromatic heterocycles. The van der Waals surface area contributed by atoms with Crippen LogP contribution in [0.1, 0.15) is 57.5 Å². The summed E-state index contributed by atoms with van der Waals surface area (Å²) in [5.74, 6) is 0.110. The van der Waals surface area contributed by atoms with Crippen molar-refractivity contribution in [2.45, 2.75) is 25.7 Å². The number of unbranched alkanes of at least 4 members (excludes halogenated alkanes) is 2. The van der Waals surface area contributed by atoms with Crippen molar-refractivity contribution in [1.29, 1.82) is 0 Å². The molecule has 34 heavy (non-hydrogen) atoms. The van der Waals surface area contributed by atoms with Gasteiger partial charge < -0.3 is 29.0 Å². The minimum atomic E-state index is -4.03. The van der Waals surface area contributed by atoms with E-state index in [9.17, 15) is 18.7 Å². The maximum atomic E-state index is 13.0. The van der Waals surface area contributed by atoms with E-state index in [0.29, 0.717) is 37.2 Å². The highest BCUT2D eigenvalue weighted by Crippen LogP contribution is 2.36. The normalized spacial score (nSPS) is 13.4. The zero-order valence-electron chi connectivity index (χ0n) is 18.3. The van der Waals surface area contributed by atoms with E-state index in [2.05, 4.69) is 0 Å². The molecular weight excluding hydrogens is 486 g/mol. The second-order valence-corrected chi connectivity index (χ2v) is 11.5. The number of fused-ring (bicyclic) bond motifs is 2. The highest BCUT2D eigenvalue weighted by Gasteiger charge is 2.30. The van der Waals surface area contributed by atoms with Gasteiger partial charge in [0, 0.05) is 34.6 Å². The fraction of sp³-hybridized carbons (Fsp3) is 0.364. The third-order valence-corrected chi connectivity index (χ3v) is 6.98. The summed E-state index contributed by atoms with van der Waals surface area (Å²) in [6, 6.07) is 9.15. The fourth-order valence-corrected chi connectivity index (χ4v) is 4.78. The number of hydrogen-bond donors (Lipinski definition) is 4. The first-order chi connectivity index (χ1) is 15.9. The molecule has 3 rings (SSSR count). The molecule has 0 saturated heterocycles. The van der Waals surface area contributed by atoms with Gasteiger partial charge in [-0.05, 0) is 62.1 Å². The Morgan fingerprint density at radius 1 is 0.588 bits per heavy atom. The van der Waals surface area contributed by atoms with Crippen LogP contribution < -0.4 is 9.47 Å². The summed E-state index contributed by atoms with van der Waals surface area (Å²) in [6.45, 7) is 0.429. The summed E-state index contributed by atoms with van der Waals surface area (Å²) in [7, 11) is -8.07. The summed E-state index contributed by atoms with van der Waals surface area (Å²) in [5, 5.41) is 0. The number of hydrogen-bond acceptors (Lipinski definition) is 6. The first kappa shape index (κ1) is 26.3. The molecule has 0 heterocycles. The van der Waals surface area contributed by atoms with E-state index < -0.39 is 15.2 Å². The molecule has 2 aromatic carbocycles. The lowest BCUT2D eigenvalue weighted by atomic mass is 9.84. The molecule has 0 fully saturated rings. The smallest absolute Gasteiger partial charge is 0.325 e. The Hall–Kier alpha value is -2.32. The first-order valence-electron chi connectivity index (χ1n) is 10.7. The Labute approximate surface area is 196 Å². The molecular formula is C22H26O10P2. The van der Waals surface area contributed by atoms with Crippen LogP contribution in [0.3, 0.4) is 0 Å². The molecule has 0 unspecified atom stereocenters. The van der Waals surface area contributed by atoms with Crippen molar-refractivity contribution in [2.75, 3.05) is 25.5 Å². The second-order valence-electron chi connectivity index (χ2n) is 7.96. The summed E-state index contributed by atoms with van der Waals surface area (Å²) in [4.78, 5) is 61.5. The van der Waals surface area contributed by atoms with Gasteiger partial charge in [0.25, 0.3) is 0 Å². The molecule has 10 nitrogen and oxygen atoms in total. The number of rotatable bonds is 12. The molecule has 0 atom stereocenters. The number of carbonyl (C=O) groups is 2. The van der Waals surface area contributed by atoms with Crippen molar-refractivity contribution in [3.8, 4) is 11.5 Å². The third kappa shape index (κ3) is 7.34. The van der Waals surface area contributed by atoms with Crippen LogP contribution in [0.15, 0.2) is 36.4 Å². The van der Waals surface area contributed by atoms with Gasteiger partial charge in [0.1, 0.15) is 11.5 Å². The van der Waals surface area contributed by atoms with Gasteiger partial charge in [0.05, 0.1) is 13.2 Å². The summed E-state index contributed by atoms with van der Waals surface area (Å²) in [6.07, 6.45) is 1.02. The van der Waals surface area contributed by atoms with Gasteiger partial charge in [-0.15, -0.1) is 0 Å². The largest absolute Gasteiger partial charge is 0.494 e. The minimum absolute atomic E-state index is 0.215. The van der Waals surface area contributed by atoms with Gasteiger partial charge in [-0.1, -0.05) is 0 Å². The molecule has 0 saturated carbocycles. The predicted octanol–water partition coefficient (Wildman–Crippen LogP) is 3.14. The SMILES string of the molecule is O=C1c2ccc(OCCCCP(=O)(O)O)cc2C(=O)c2ccc(OCCCCP(=O)(O)O)cc21. The maximum Gasteiger partial charge on any atom is 0.325 e. The van der Waals surface area contributed by atoms with Crippen LogP contribution in [-0.4, -0.2) is 56.7 Å². The highest BCUT2D eigenvalue weighted by molar-refractivity contribution is 7.52. The van der Waals surface area contributed by atoms with E-state index in [1.54, 1.807) is 12.1 Å². The molecule has 0 radical (unpaired) electrons. The average Bonchev–Trinajstić information content (AvgIpc) is 2.75. The van der Waals surface area contributed by atoms with E-state index in [-0.39, 0.29) is 59.4 Å². The number of ether oxygens (including phenoxy) is 2. The number of benzene rings is 2. The molecule has 4 N–H and O–H groups in total. The zero-order valence-corrected chi connectivity index (χ0v) is 20.0.